The number of halogens is 4. The Balaban J connectivity index is 2.04. The zero-order chi connectivity index (χ0) is 17.3. The molecule has 2 aromatic carbocycles. The van der Waals surface area contributed by atoms with E-state index in [4.69, 9.17) is 0 Å². The van der Waals surface area contributed by atoms with E-state index in [0.717, 1.165) is 23.5 Å². The molecule has 0 N–H and O–H groups in total. The summed E-state index contributed by atoms with van der Waals surface area (Å²) in [7, 11) is 0. The molecule has 0 aliphatic heterocycles. The number of allylic oxidation sites excluding steroid dienone is 1. The molecular weight excluding hydrogens is 340 g/mol. The summed E-state index contributed by atoms with van der Waals surface area (Å²) in [5.41, 5.74) is 0.206. The van der Waals surface area contributed by atoms with E-state index in [0.29, 0.717) is 15.3 Å². The Morgan fingerprint density at radius 2 is 1.83 bits per heavy atom. The second kappa shape index (κ2) is 6.06. The van der Waals surface area contributed by atoms with Crippen molar-refractivity contribution in [3.8, 4) is 6.07 Å². The van der Waals surface area contributed by atoms with Gasteiger partial charge in [0, 0.05) is 0 Å². The summed E-state index contributed by atoms with van der Waals surface area (Å²) < 4.78 is 51.7. The molecule has 24 heavy (non-hydrogen) atoms. The first-order valence-corrected chi connectivity index (χ1v) is 7.54. The standard InChI is InChI=1S/C17H8F4N2S/c18-13-4-1-10(2-5-13)7-11(9-22)16-23-14-8-12(17(19,20)21)3-6-15(14)24-16/h1-8H/b11-7+. The van der Waals surface area contributed by atoms with Gasteiger partial charge < -0.3 is 0 Å². The van der Waals surface area contributed by atoms with E-state index >= 15 is 0 Å². The predicted molar refractivity (Wildman–Crippen MR) is 84.5 cm³/mol. The first-order valence-electron chi connectivity index (χ1n) is 6.72. The van der Waals surface area contributed by atoms with E-state index in [1.165, 1.54) is 36.4 Å². The maximum absolute atomic E-state index is 12.9. The topological polar surface area (TPSA) is 36.7 Å². The number of alkyl halides is 3. The fraction of sp³-hybridized carbons (Fsp3) is 0.0588. The Kier molecular flexibility index (Phi) is 4.08. The summed E-state index contributed by atoms with van der Waals surface area (Å²) in [6, 6.07) is 10.8. The number of nitrogens with zero attached hydrogens (tertiary/aromatic N) is 2. The Hall–Kier alpha value is -2.72. The lowest BCUT2D eigenvalue weighted by Crippen LogP contribution is -2.03. The quantitative estimate of drug-likeness (QED) is 0.452. The van der Waals surface area contributed by atoms with Gasteiger partial charge in [-0.1, -0.05) is 12.1 Å². The number of aromatic nitrogens is 1. The van der Waals surface area contributed by atoms with E-state index in [2.05, 4.69) is 4.98 Å². The van der Waals surface area contributed by atoms with Gasteiger partial charge in [0.25, 0.3) is 0 Å². The normalized spacial score (nSPS) is 12.4. The minimum atomic E-state index is -4.44. The molecule has 1 heterocycles. The maximum Gasteiger partial charge on any atom is 0.416 e. The van der Waals surface area contributed by atoms with Crippen LogP contribution in [-0.2, 0) is 6.18 Å². The van der Waals surface area contributed by atoms with Gasteiger partial charge in [-0.15, -0.1) is 11.3 Å². The molecule has 0 saturated heterocycles. The fourth-order valence-corrected chi connectivity index (χ4v) is 3.00. The van der Waals surface area contributed by atoms with E-state index in [-0.39, 0.29) is 11.1 Å². The molecular formula is C17H8F4N2S. The van der Waals surface area contributed by atoms with Crippen LogP contribution in [0, 0.1) is 17.1 Å². The zero-order valence-corrected chi connectivity index (χ0v) is 12.7. The molecule has 0 fully saturated rings. The third-order valence-electron chi connectivity index (χ3n) is 3.25. The number of benzene rings is 2. The maximum atomic E-state index is 12.9. The van der Waals surface area contributed by atoms with Gasteiger partial charge in [0.05, 0.1) is 21.4 Å². The average Bonchev–Trinajstić information content (AvgIpc) is 2.96. The first-order chi connectivity index (χ1) is 11.4. The Morgan fingerprint density at radius 3 is 2.46 bits per heavy atom. The van der Waals surface area contributed by atoms with Crippen molar-refractivity contribution in [3.05, 3.63) is 64.4 Å². The number of hydrogen-bond acceptors (Lipinski definition) is 3. The zero-order valence-electron chi connectivity index (χ0n) is 11.9. The molecule has 0 saturated carbocycles. The minimum absolute atomic E-state index is 0.185. The van der Waals surface area contributed by atoms with Crippen molar-refractivity contribution in [2.75, 3.05) is 0 Å². The number of nitriles is 1. The fourth-order valence-electron chi connectivity index (χ4n) is 2.09. The van der Waals surface area contributed by atoms with Crippen molar-refractivity contribution in [3.63, 3.8) is 0 Å². The van der Waals surface area contributed by atoms with Gasteiger partial charge >= 0.3 is 6.18 Å². The summed E-state index contributed by atoms with van der Waals surface area (Å²) in [4.78, 5) is 4.13. The Labute approximate surface area is 138 Å². The van der Waals surface area contributed by atoms with Crippen LogP contribution in [0.4, 0.5) is 17.6 Å². The molecule has 0 aliphatic carbocycles. The number of fused-ring (bicyclic) bond motifs is 1. The minimum Gasteiger partial charge on any atom is -0.235 e. The van der Waals surface area contributed by atoms with E-state index in [9.17, 15) is 22.8 Å². The lowest BCUT2D eigenvalue weighted by atomic mass is 10.1. The van der Waals surface area contributed by atoms with Crippen LogP contribution in [0.2, 0.25) is 0 Å². The van der Waals surface area contributed by atoms with Gasteiger partial charge in [0.2, 0.25) is 0 Å². The lowest BCUT2D eigenvalue weighted by Gasteiger charge is -2.04. The van der Waals surface area contributed by atoms with Crippen molar-refractivity contribution in [2.45, 2.75) is 6.18 Å². The summed E-state index contributed by atoms with van der Waals surface area (Å²) >= 11 is 1.13. The number of rotatable bonds is 2. The number of thiazole rings is 1. The van der Waals surface area contributed by atoms with Gasteiger partial charge in [0.15, 0.2) is 0 Å². The van der Waals surface area contributed by atoms with Crippen molar-refractivity contribution in [1.82, 2.24) is 4.98 Å². The first kappa shape index (κ1) is 16.1. The largest absolute Gasteiger partial charge is 0.416 e. The van der Waals surface area contributed by atoms with Gasteiger partial charge in [-0.2, -0.15) is 18.4 Å². The van der Waals surface area contributed by atoms with Crippen LogP contribution in [0.1, 0.15) is 16.1 Å². The molecule has 7 heteroatoms. The van der Waals surface area contributed by atoms with Crippen LogP contribution in [-0.4, -0.2) is 4.98 Å². The third kappa shape index (κ3) is 3.29. The van der Waals surface area contributed by atoms with Crippen LogP contribution in [0.15, 0.2) is 42.5 Å². The van der Waals surface area contributed by atoms with E-state index in [1.807, 2.05) is 6.07 Å². The predicted octanol–water partition coefficient (Wildman–Crippen LogP) is 5.52. The Bertz CT molecular complexity index is 963. The molecule has 0 atom stereocenters. The summed E-state index contributed by atoms with van der Waals surface area (Å²) in [5, 5.41) is 9.61. The van der Waals surface area contributed by atoms with Crippen LogP contribution >= 0.6 is 11.3 Å². The summed E-state index contributed by atoms with van der Waals surface area (Å²) in [5.74, 6) is -0.398. The summed E-state index contributed by atoms with van der Waals surface area (Å²) in [6.07, 6.45) is -2.93. The van der Waals surface area contributed by atoms with Crippen molar-refractivity contribution < 1.29 is 17.6 Å². The summed E-state index contributed by atoms with van der Waals surface area (Å²) in [6.45, 7) is 0. The van der Waals surface area contributed by atoms with Gasteiger partial charge in [-0.3, -0.25) is 0 Å². The van der Waals surface area contributed by atoms with Crippen LogP contribution in [0.5, 0.6) is 0 Å². The van der Waals surface area contributed by atoms with Gasteiger partial charge in [0.1, 0.15) is 16.9 Å². The van der Waals surface area contributed by atoms with Crippen molar-refractivity contribution in [1.29, 1.82) is 5.26 Å². The van der Waals surface area contributed by atoms with Crippen LogP contribution in [0.3, 0.4) is 0 Å². The molecule has 3 aromatic rings. The molecule has 1 aromatic heterocycles. The highest BCUT2D eigenvalue weighted by atomic mass is 32.1. The Morgan fingerprint density at radius 1 is 1.12 bits per heavy atom. The number of hydrogen-bond donors (Lipinski definition) is 0. The van der Waals surface area contributed by atoms with Gasteiger partial charge in [-0.05, 0) is 42.0 Å². The molecule has 2 nitrogen and oxygen atoms in total. The second-order valence-corrected chi connectivity index (χ2v) is 5.95. The van der Waals surface area contributed by atoms with Crippen LogP contribution in [0.25, 0.3) is 21.9 Å². The SMILES string of the molecule is N#C/C(=C\c1ccc(F)cc1)c1nc2cc(C(F)(F)F)ccc2s1. The molecule has 0 spiro atoms. The molecule has 0 aliphatic rings. The molecule has 0 radical (unpaired) electrons. The van der Waals surface area contributed by atoms with Crippen LogP contribution < -0.4 is 0 Å². The highest BCUT2D eigenvalue weighted by Crippen LogP contribution is 2.34. The van der Waals surface area contributed by atoms with Gasteiger partial charge in [-0.25, -0.2) is 9.37 Å². The highest BCUT2D eigenvalue weighted by molar-refractivity contribution is 7.19. The monoisotopic (exact) mass is 348 g/mol. The lowest BCUT2D eigenvalue weighted by molar-refractivity contribution is -0.137. The molecule has 0 bridgehead atoms. The molecule has 0 amide bonds. The third-order valence-corrected chi connectivity index (χ3v) is 4.32. The van der Waals surface area contributed by atoms with Crippen molar-refractivity contribution >= 4 is 33.2 Å². The molecule has 3 rings (SSSR count). The second-order valence-electron chi connectivity index (χ2n) is 4.92. The van der Waals surface area contributed by atoms with E-state index < -0.39 is 17.6 Å². The smallest absolute Gasteiger partial charge is 0.235 e. The highest BCUT2D eigenvalue weighted by Gasteiger charge is 2.30. The van der Waals surface area contributed by atoms with E-state index in [1.54, 1.807) is 0 Å². The van der Waals surface area contributed by atoms with Crippen molar-refractivity contribution in [2.24, 2.45) is 0 Å². The molecule has 0 unspecified atom stereocenters. The molecule has 120 valence electrons. The average molecular weight is 348 g/mol.